The fraction of sp³-hybridized carbons (Fsp3) is 0.200. The molecule has 1 heterocycles. The molecule has 0 bridgehead atoms. The Morgan fingerprint density at radius 3 is 2.64 bits per heavy atom. The zero-order valence-electron chi connectivity index (χ0n) is 14.7. The highest BCUT2D eigenvalue weighted by atomic mass is 16.5. The fourth-order valence-electron chi connectivity index (χ4n) is 2.68. The van der Waals surface area contributed by atoms with Crippen molar-refractivity contribution in [2.24, 2.45) is 0 Å². The zero-order chi connectivity index (χ0) is 17.6. The minimum Gasteiger partial charge on any atom is -0.497 e. The molecular weight excluding hydrogens is 312 g/mol. The summed E-state index contributed by atoms with van der Waals surface area (Å²) in [5, 5.41) is 3.30. The number of anilines is 4. The first-order valence-electron chi connectivity index (χ1n) is 8.27. The van der Waals surface area contributed by atoms with Gasteiger partial charge in [0, 0.05) is 30.1 Å². The van der Waals surface area contributed by atoms with Crippen LogP contribution in [0.2, 0.25) is 0 Å². The summed E-state index contributed by atoms with van der Waals surface area (Å²) >= 11 is 0. The van der Waals surface area contributed by atoms with Gasteiger partial charge < -0.3 is 15.0 Å². The maximum Gasteiger partial charge on any atom is 0.138 e. The molecule has 1 aromatic heterocycles. The van der Waals surface area contributed by atoms with E-state index in [1.807, 2.05) is 30.3 Å². The number of hydrogen-bond acceptors (Lipinski definition) is 5. The highest BCUT2D eigenvalue weighted by molar-refractivity contribution is 5.65. The number of methoxy groups -OCH3 is 1. The Hall–Kier alpha value is -3.08. The second-order valence-corrected chi connectivity index (χ2v) is 5.70. The minimum absolute atomic E-state index is 0.740. The van der Waals surface area contributed by atoms with Gasteiger partial charge in [-0.1, -0.05) is 18.2 Å². The second kappa shape index (κ2) is 7.66. The lowest BCUT2D eigenvalue weighted by Gasteiger charge is -2.22. The van der Waals surface area contributed by atoms with Crippen LogP contribution in [0.1, 0.15) is 12.5 Å². The Morgan fingerprint density at radius 1 is 1.04 bits per heavy atom. The van der Waals surface area contributed by atoms with Crippen LogP contribution in [0, 0.1) is 6.92 Å². The van der Waals surface area contributed by atoms with Gasteiger partial charge in [0.15, 0.2) is 0 Å². The van der Waals surface area contributed by atoms with E-state index in [9.17, 15) is 0 Å². The third-order valence-corrected chi connectivity index (χ3v) is 3.90. The molecule has 3 rings (SSSR count). The molecule has 0 aliphatic heterocycles. The summed E-state index contributed by atoms with van der Waals surface area (Å²) < 4.78 is 5.26. The van der Waals surface area contributed by atoms with Crippen molar-refractivity contribution in [1.82, 2.24) is 9.97 Å². The number of nitrogens with zero attached hydrogens (tertiary/aromatic N) is 3. The van der Waals surface area contributed by atoms with E-state index < -0.39 is 0 Å². The van der Waals surface area contributed by atoms with Gasteiger partial charge >= 0.3 is 0 Å². The first-order chi connectivity index (χ1) is 12.2. The molecule has 0 aliphatic rings. The molecule has 0 spiro atoms. The Bertz CT molecular complexity index is 850. The lowest BCUT2D eigenvalue weighted by atomic mass is 10.2. The van der Waals surface area contributed by atoms with Crippen molar-refractivity contribution in [2.75, 3.05) is 23.9 Å². The molecule has 5 heteroatoms. The number of ether oxygens (including phenoxy) is 1. The average molecular weight is 334 g/mol. The fourth-order valence-corrected chi connectivity index (χ4v) is 2.68. The standard InChI is InChI=1S/C20H22N4O/c1-4-24(17-9-5-7-15(2)11-17)20-13-19(21-14-22-20)23-16-8-6-10-18(12-16)25-3/h5-14H,4H2,1-3H3,(H,21,22,23). The Kier molecular flexibility index (Phi) is 5.14. The molecule has 5 nitrogen and oxygen atoms in total. The number of aromatic nitrogens is 2. The van der Waals surface area contributed by atoms with Gasteiger partial charge in [-0.25, -0.2) is 9.97 Å². The predicted octanol–water partition coefficient (Wildman–Crippen LogP) is 4.70. The van der Waals surface area contributed by atoms with Crippen LogP contribution >= 0.6 is 0 Å². The van der Waals surface area contributed by atoms with Gasteiger partial charge in [-0.15, -0.1) is 0 Å². The van der Waals surface area contributed by atoms with Crippen LogP contribution in [0.4, 0.5) is 23.0 Å². The topological polar surface area (TPSA) is 50.3 Å². The molecule has 3 aromatic rings. The molecule has 0 radical (unpaired) electrons. The normalized spacial score (nSPS) is 10.4. The van der Waals surface area contributed by atoms with Crippen molar-refractivity contribution in [1.29, 1.82) is 0 Å². The molecule has 1 N–H and O–H groups in total. The van der Waals surface area contributed by atoms with Gasteiger partial charge in [0.05, 0.1) is 7.11 Å². The van der Waals surface area contributed by atoms with Crippen molar-refractivity contribution in [2.45, 2.75) is 13.8 Å². The van der Waals surface area contributed by atoms with E-state index in [4.69, 9.17) is 4.74 Å². The lowest BCUT2D eigenvalue weighted by Crippen LogP contribution is -2.17. The summed E-state index contributed by atoms with van der Waals surface area (Å²) in [5.41, 5.74) is 3.26. The third-order valence-electron chi connectivity index (χ3n) is 3.90. The average Bonchev–Trinajstić information content (AvgIpc) is 2.63. The molecule has 0 amide bonds. The Balaban J connectivity index is 1.87. The maximum atomic E-state index is 5.26. The Morgan fingerprint density at radius 2 is 1.88 bits per heavy atom. The number of benzene rings is 2. The summed E-state index contributed by atoms with van der Waals surface area (Å²) in [4.78, 5) is 10.9. The maximum absolute atomic E-state index is 5.26. The predicted molar refractivity (Wildman–Crippen MR) is 102 cm³/mol. The minimum atomic E-state index is 0.740. The summed E-state index contributed by atoms with van der Waals surface area (Å²) in [6.07, 6.45) is 1.58. The molecule has 0 unspecified atom stereocenters. The van der Waals surface area contributed by atoms with Gasteiger partial charge in [0.2, 0.25) is 0 Å². The van der Waals surface area contributed by atoms with Crippen LogP contribution in [-0.2, 0) is 0 Å². The SMILES string of the molecule is CCN(c1cccc(C)c1)c1cc(Nc2cccc(OC)c2)ncn1. The van der Waals surface area contributed by atoms with Crippen LogP contribution in [0.3, 0.4) is 0 Å². The molecule has 0 saturated heterocycles. The Labute approximate surface area is 148 Å². The molecule has 0 atom stereocenters. The molecule has 2 aromatic carbocycles. The zero-order valence-corrected chi connectivity index (χ0v) is 14.7. The molecule has 0 saturated carbocycles. The van der Waals surface area contributed by atoms with Crippen LogP contribution in [0.5, 0.6) is 5.75 Å². The number of nitrogens with one attached hydrogen (secondary N) is 1. The largest absolute Gasteiger partial charge is 0.497 e. The van der Waals surface area contributed by atoms with E-state index in [1.165, 1.54) is 5.56 Å². The van der Waals surface area contributed by atoms with E-state index >= 15 is 0 Å². The number of rotatable bonds is 6. The van der Waals surface area contributed by atoms with Crippen LogP contribution in [0.25, 0.3) is 0 Å². The smallest absolute Gasteiger partial charge is 0.138 e. The second-order valence-electron chi connectivity index (χ2n) is 5.70. The van der Waals surface area contributed by atoms with Crippen molar-refractivity contribution >= 4 is 23.0 Å². The molecule has 0 aliphatic carbocycles. The first kappa shape index (κ1) is 16.8. The summed E-state index contributed by atoms with van der Waals surface area (Å²) in [7, 11) is 1.66. The van der Waals surface area contributed by atoms with Gasteiger partial charge in [0.1, 0.15) is 23.7 Å². The first-order valence-corrected chi connectivity index (χ1v) is 8.27. The highest BCUT2D eigenvalue weighted by Gasteiger charge is 2.10. The number of aryl methyl sites for hydroxylation is 1. The van der Waals surface area contributed by atoms with E-state index in [0.29, 0.717) is 0 Å². The van der Waals surface area contributed by atoms with Gasteiger partial charge in [-0.2, -0.15) is 0 Å². The highest BCUT2D eigenvalue weighted by Crippen LogP contribution is 2.26. The van der Waals surface area contributed by atoms with Crippen LogP contribution in [0.15, 0.2) is 60.9 Å². The van der Waals surface area contributed by atoms with Gasteiger partial charge in [-0.05, 0) is 43.7 Å². The quantitative estimate of drug-likeness (QED) is 0.708. The molecular formula is C20H22N4O. The third kappa shape index (κ3) is 4.07. The summed E-state index contributed by atoms with van der Waals surface area (Å²) in [6.45, 7) is 5.02. The van der Waals surface area contributed by atoms with Crippen molar-refractivity contribution in [3.05, 3.63) is 66.5 Å². The molecule has 25 heavy (non-hydrogen) atoms. The monoisotopic (exact) mass is 334 g/mol. The van der Waals surface area contributed by atoms with Crippen molar-refractivity contribution in [3.8, 4) is 5.75 Å². The van der Waals surface area contributed by atoms with Gasteiger partial charge in [-0.3, -0.25) is 0 Å². The molecule has 0 fully saturated rings. The van der Waals surface area contributed by atoms with E-state index in [0.717, 1.165) is 35.3 Å². The lowest BCUT2D eigenvalue weighted by molar-refractivity contribution is 0.415. The summed E-state index contributed by atoms with van der Waals surface area (Å²) in [6, 6.07) is 18.1. The summed E-state index contributed by atoms with van der Waals surface area (Å²) in [5.74, 6) is 2.40. The van der Waals surface area contributed by atoms with Crippen molar-refractivity contribution < 1.29 is 4.74 Å². The van der Waals surface area contributed by atoms with E-state index in [-0.39, 0.29) is 0 Å². The van der Waals surface area contributed by atoms with Crippen molar-refractivity contribution in [3.63, 3.8) is 0 Å². The van der Waals surface area contributed by atoms with E-state index in [1.54, 1.807) is 13.4 Å². The van der Waals surface area contributed by atoms with Gasteiger partial charge in [0.25, 0.3) is 0 Å². The molecule has 128 valence electrons. The number of hydrogen-bond donors (Lipinski definition) is 1. The van der Waals surface area contributed by atoms with Crippen LogP contribution < -0.4 is 15.0 Å². The van der Waals surface area contributed by atoms with E-state index in [2.05, 4.69) is 58.3 Å². The van der Waals surface area contributed by atoms with Crippen LogP contribution in [-0.4, -0.2) is 23.6 Å².